The Balaban J connectivity index is 1.44. The monoisotopic (exact) mass is 351 g/mol. The van der Waals surface area contributed by atoms with Crippen molar-refractivity contribution in [2.45, 2.75) is 24.9 Å². The molecule has 2 aliphatic heterocycles. The Morgan fingerprint density at radius 1 is 1.00 bits per heavy atom. The number of hydrogen-bond acceptors (Lipinski definition) is 4. The van der Waals surface area contributed by atoms with Crippen LogP contribution in [0.15, 0.2) is 54.6 Å². The highest BCUT2D eigenvalue weighted by molar-refractivity contribution is 5.63. The van der Waals surface area contributed by atoms with Gasteiger partial charge in [-0.05, 0) is 36.1 Å². The summed E-state index contributed by atoms with van der Waals surface area (Å²) in [4.78, 5) is 2.60. The molecule has 3 atom stereocenters. The third-order valence-corrected chi connectivity index (χ3v) is 5.79. The number of nitrogens with one attached hydrogen (secondary N) is 2. The van der Waals surface area contributed by atoms with Crippen molar-refractivity contribution in [1.29, 1.82) is 0 Å². The van der Waals surface area contributed by atoms with Crippen LogP contribution in [0.25, 0.3) is 11.1 Å². The minimum atomic E-state index is 0.384. The maximum Gasteiger partial charge on any atom is 0.0518 e. The first-order chi connectivity index (χ1) is 12.8. The van der Waals surface area contributed by atoms with E-state index in [0.29, 0.717) is 18.0 Å². The van der Waals surface area contributed by atoms with Crippen LogP contribution in [-0.2, 0) is 4.74 Å². The molecule has 2 saturated heterocycles. The van der Waals surface area contributed by atoms with Crippen LogP contribution >= 0.6 is 0 Å². The Bertz CT molecular complexity index is 688. The summed E-state index contributed by atoms with van der Waals surface area (Å²) >= 11 is 0. The molecule has 2 fully saturated rings. The molecule has 0 bridgehead atoms. The molecule has 0 aromatic heterocycles. The second-order valence-electron chi connectivity index (χ2n) is 7.46. The average molecular weight is 351 g/mol. The second-order valence-corrected chi connectivity index (χ2v) is 7.46. The van der Waals surface area contributed by atoms with E-state index >= 15 is 0 Å². The van der Waals surface area contributed by atoms with Crippen LogP contribution in [0.5, 0.6) is 0 Å². The van der Waals surface area contributed by atoms with Gasteiger partial charge in [-0.15, -0.1) is 0 Å². The number of nitrogens with zero attached hydrogens (tertiary/aromatic N) is 1. The van der Waals surface area contributed by atoms with Crippen molar-refractivity contribution in [1.82, 2.24) is 15.8 Å². The van der Waals surface area contributed by atoms with E-state index in [2.05, 4.69) is 70.3 Å². The van der Waals surface area contributed by atoms with Gasteiger partial charge in [0.1, 0.15) is 0 Å². The van der Waals surface area contributed by atoms with E-state index in [1.54, 1.807) is 7.11 Å². The quantitative estimate of drug-likeness (QED) is 0.784. The van der Waals surface area contributed by atoms with Crippen LogP contribution in [0.2, 0.25) is 0 Å². The topological polar surface area (TPSA) is 36.5 Å². The molecular formula is C22H29N3O. The molecule has 2 aromatic carbocycles. The number of ether oxygens (including phenoxy) is 1. The van der Waals surface area contributed by atoms with Crippen LogP contribution in [-0.4, -0.2) is 44.3 Å². The van der Waals surface area contributed by atoms with E-state index in [1.807, 2.05) is 0 Å². The van der Waals surface area contributed by atoms with Gasteiger partial charge in [0.2, 0.25) is 0 Å². The number of benzene rings is 2. The highest BCUT2D eigenvalue weighted by Gasteiger charge is 2.40. The Labute approximate surface area is 156 Å². The van der Waals surface area contributed by atoms with Crippen molar-refractivity contribution in [3.8, 4) is 11.1 Å². The first-order valence-corrected chi connectivity index (χ1v) is 9.73. The lowest BCUT2D eigenvalue weighted by Crippen LogP contribution is -2.45. The minimum Gasteiger partial charge on any atom is -0.385 e. The Morgan fingerprint density at radius 2 is 1.77 bits per heavy atom. The summed E-state index contributed by atoms with van der Waals surface area (Å²) in [6.07, 6.45) is 2.33. The highest BCUT2D eigenvalue weighted by Crippen LogP contribution is 2.34. The summed E-state index contributed by atoms with van der Waals surface area (Å²) in [5.41, 5.74) is 11.0. The van der Waals surface area contributed by atoms with Gasteiger partial charge in [-0.1, -0.05) is 54.6 Å². The molecule has 4 nitrogen and oxygen atoms in total. The van der Waals surface area contributed by atoms with Gasteiger partial charge in [-0.25, -0.2) is 5.43 Å². The second kappa shape index (κ2) is 8.31. The minimum absolute atomic E-state index is 0.384. The fourth-order valence-electron chi connectivity index (χ4n) is 4.35. The molecule has 2 N–H and O–H groups in total. The van der Waals surface area contributed by atoms with E-state index < -0.39 is 0 Å². The normalized spacial score (nSPS) is 26.0. The lowest BCUT2D eigenvalue weighted by Gasteiger charge is -2.36. The van der Waals surface area contributed by atoms with Crippen LogP contribution in [0, 0.1) is 5.92 Å². The zero-order valence-electron chi connectivity index (χ0n) is 15.5. The van der Waals surface area contributed by atoms with Crippen molar-refractivity contribution in [3.63, 3.8) is 0 Å². The molecule has 26 heavy (non-hydrogen) atoms. The zero-order chi connectivity index (χ0) is 17.8. The van der Waals surface area contributed by atoms with Crippen LogP contribution < -0.4 is 10.9 Å². The number of rotatable bonds is 6. The largest absolute Gasteiger partial charge is 0.385 e. The molecule has 2 heterocycles. The Hall–Kier alpha value is -1.72. The zero-order valence-corrected chi connectivity index (χ0v) is 15.5. The van der Waals surface area contributed by atoms with E-state index in [1.165, 1.54) is 29.7 Å². The molecule has 2 aliphatic rings. The van der Waals surface area contributed by atoms with Crippen molar-refractivity contribution in [2.24, 2.45) is 5.92 Å². The van der Waals surface area contributed by atoms with Crippen molar-refractivity contribution >= 4 is 0 Å². The van der Waals surface area contributed by atoms with Crippen LogP contribution in [0.4, 0.5) is 0 Å². The maximum absolute atomic E-state index is 5.21. The SMILES string of the molecule is COCCCN1CCC2NNC(c3ccc(-c4ccccc4)cc3)C2C1. The van der Waals surface area contributed by atoms with Gasteiger partial charge >= 0.3 is 0 Å². The molecule has 0 aliphatic carbocycles. The number of piperidine rings is 1. The Kier molecular flexibility index (Phi) is 5.65. The van der Waals surface area contributed by atoms with Crippen LogP contribution in [0.1, 0.15) is 24.4 Å². The van der Waals surface area contributed by atoms with Gasteiger partial charge in [0.05, 0.1) is 6.04 Å². The molecule has 0 saturated carbocycles. The standard InChI is InChI=1S/C22H29N3O/c1-26-15-5-13-25-14-12-21-20(16-25)22(24-23-21)19-10-8-18(9-11-19)17-6-3-2-4-7-17/h2-4,6-11,20-24H,5,12-16H2,1H3. The molecule has 2 aromatic rings. The number of hydrazine groups is 1. The molecule has 0 amide bonds. The predicted octanol–water partition coefficient (Wildman–Crippen LogP) is 3.23. The highest BCUT2D eigenvalue weighted by atomic mass is 16.5. The smallest absolute Gasteiger partial charge is 0.0518 e. The van der Waals surface area contributed by atoms with E-state index in [4.69, 9.17) is 4.74 Å². The van der Waals surface area contributed by atoms with E-state index in [9.17, 15) is 0 Å². The van der Waals surface area contributed by atoms with Crippen molar-refractivity contribution in [3.05, 3.63) is 60.2 Å². The number of methoxy groups -OCH3 is 1. The van der Waals surface area contributed by atoms with E-state index in [-0.39, 0.29) is 0 Å². The third kappa shape index (κ3) is 3.84. The number of likely N-dealkylation sites (tertiary alicyclic amines) is 1. The summed E-state index contributed by atoms with van der Waals surface area (Å²) in [6.45, 7) is 4.32. The fourth-order valence-corrected chi connectivity index (χ4v) is 4.35. The summed E-state index contributed by atoms with van der Waals surface area (Å²) in [5.74, 6) is 0.619. The first kappa shape index (κ1) is 17.7. The molecule has 0 radical (unpaired) electrons. The van der Waals surface area contributed by atoms with Gasteiger partial charge in [0.15, 0.2) is 0 Å². The van der Waals surface area contributed by atoms with Gasteiger partial charge in [0.25, 0.3) is 0 Å². The summed E-state index contributed by atoms with van der Waals surface area (Å²) in [7, 11) is 1.78. The first-order valence-electron chi connectivity index (χ1n) is 9.73. The van der Waals surface area contributed by atoms with Gasteiger partial charge in [-0.3, -0.25) is 5.43 Å². The Morgan fingerprint density at radius 3 is 2.54 bits per heavy atom. The average Bonchev–Trinajstić information content (AvgIpc) is 3.12. The lowest BCUT2D eigenvalue weighted by atomic mass is 9.84. The number of hydrogen-bond donors (Lipinski definition) is 2. The summed E-state index contributed by atoms with van der Waals surface area (Å²) < 4.78 is 5.21. The fraction of sp³-hybridized carbons (Fsp3) is 0.455. The maximum atomic E-state index is 5.21. The predicted molar refractivity (Wildman–Crippen MR) is 106 cm³/mol. The summed E-state index contributed by atoms with van der Waals surface area (Å²) in [5, 5.41) is 0. The third-order valence-electron chi connectivity index (χ3n) is 5.79. The molecule has 138 valence electrons. The number of fused-ring (bicyclic) bond motifs is 1. The van der Waals surface area contributed by atoms with Gasteiger partial charge in [0, 0.05) is 38.8 Å². The molecular weight excluding hydrogens is 322 g/mol. The molecule has 4 rings (SSSR count). The molecule has 0 spiro atoms. The van der Waals surface area contributed by atoms with Crippen molar-refractivity contribution in [2.75, 3.05) is 33.4 Å². The van der Waals surface area contributed by atoms with Crippen LogP contribution in [0.3, 0.4) is 0 Å². The van der Waals surface area contributed by atoms with E-state index in [0.717, 1.165) is 26.1 Å². The summed E-state index contributed by atoms with van der Waals surface area (Å²) in [6, 6.07) is 20.6. The molecule has 4 heteroatoms. The van der Waals surface area contributed by atoms with Crippen molar-refractivity contribution < 1.29 is 4.74 Å². The molecule has 3 unspecified atom stereocenters. The van der Waals surface area contributed by atoms with Gasteiger partial charge < -0.3 is 9.64 Å². The lowest BCUT2D eigenvalue weighted by molar-refractivity contribution is 0.130. The van der Waals surface area contributed by atoms with Gasteiger partial charge in [-0.2, -0.15) is 0 Å².